The number of amides is 1. The fraction of sp³-hybridized carbons (Fsp3) is 0.308. The molecule has 1 N–H and O–H groups in total. The Morgan fingerprint density at radius 3 is 2.23 bits per heavy atom. The van der Waals surface area contributed by atoms with E-state index in [0.717, 1.165) is 22.3 Å². The summed E-state index contributed by atoms with van der Waals surface area (Å²) in [4.78, 5) is 28.3. The average Bonchev–Trinajstić information content (AvgIpc) is 3.27. The molecule has 332 valence electrons. The third-order valence-electron chi connectivity index (χ3n) is 11.3. The molecule has 0 unspecified atom stereocenters. The molecule has 2 aliphatic heterocycles. The van der Waals surface area contributed by atoms with Crippen molar-refractivity contribution in [2.75, 3.05) is 30.1 Å². The van der Waals surface area contributed by atoms with E-state index in [0.29, 0.717) is 41.0 Å². The quantitative estimate of drug-likeness (QED) is 0.0474. The second kappa shape index (κ2) is 19.7. The van der Waals surface area contributed by atoms with Gasteiger partial charge in [0.2, 0.25) is 5.91 Å². The molecular weight excluding hydrogens is 834 g/mol. The van der Waals surface area contributed by atoms with Crippen molar-refractivity contribution in [2.45, 2.75) is 70.2 Å². The lowest BCUT2D eigenvalue weighted by Gasteiger charge is -2.48. The van der Waals surface area contributed by atoms with E-state index in [2.05, 4.69) is 11.8 Å². The Morgan fingerprint density at radius 1 is 0.922 bits per heavy atom. The van der Waals surface area contributed by atoms with Crippen LogP contribution in [0, 0.1) is 23.6 Å². The summed E-state index contributed by atoms with van der Waals surface area (Å²) >= 11 is 0. The van der Waals surface area contributed by atoms with Crippen molar-refractivity contribution in [3.8, 4) is 17.6 Å². The van der Waals surface area contributed by atoms with Crippen LogP contribution in [0.4, 0.5) is 10.1 Å². The van der Waals surface area contributed by atoms with Gasteiger partial charge in [-0.15, -0.1) is 0 Å². The predicted octanol–water partition coefficient (Wildman–Crippen LogP) is 9.12. The van der Waals surface area contributed by atoms with Crippen LogP contribution in [0.5, 0.6) is 5.75 Å². The Hall–Kier alpha value is -6.10. The normalized spacial score (nSPS) is 18.4. The van der Waals surface area contributed by atoms with Gasteiger partial charge in [-0.1, -0.05) is 103 Å². The van der Waals surface area contributed by atoms with Gasteiger partial charge >= 0.3 is 5.97 Å². The van der Waals surface area contributed by atoms with E-state index in [1.54, 1.807) is 29.2 Å². The SMILES string of the molecule is CC(=O)O[C@@H](CC[C@H]1C(=O)N(c2ccc(C#CCCS(C)(=O)=O)cc2)[C@@H]1c1ccc(C=Cc2ccc(C3(O)COC(C)(C)OC3)cc2)cc1OCc1ccccc1)c1ccc(F)cc1. The molecule has 12 heteroatoms. The third kappa shape index (κ3) is 11.7. The summed E-state index contributed by atoms with van der Waals surface area (Å²) in [5.41, 5.74) is 4.88. The van der Waals surface area contributed by atoms with Crippen molar-refractivity contribution in [3.63, 3.8) is 0 Å². The summed E-state index contributed by atoms with van der Waals surface area (Å²) in [6.45, 7) is 5.47. The Labute approximate surface area is 374 Å². The van der Waals surface area contributed by atoms with Crippen LogP contribution in [0.1, 0.15) is 91.1 Å². The maximum Gasteiger partial charge on any atom is 0.303 e. The van der Waals surface area contributed by atoms with Crippen molar-refractivity contribution < 1.29 is 46.5 Å². The molecule has 0 saturated carbocycles. The number of carbonyl (C=O) groups excluding carboxylic acids is 2. The first-order chi connectivity index (χ1) is 30.6. The summed E-state index contributed by atoms with van der Waals surface area (Å²) in [6.07, 6.45) is 5.29. The van der Waals surface area contributed by atoms with Crippen LogP contribution in [0.25, 0.3) is 12.2 Å². The van der Waals surface area contributed by atoms with Gasteiger partial charge in [0.15, 0.2) is 5.79 Å². The molecule has 0 spiro atoms. The molecule has 64 heavy (non-hydrogen) atoms. The van der Waals surface area contributed by atoms with Crippen molar-refractivity contribution in [2.24, 2.45) is 5.92 Å². The van der Waals surface area contributed by atoms with Gasteiger partial charge in [0.05, 0.1) is 30.9 Å². The summed E-state index contributed by atoms with van der Waals surface area (Å²) in [5, 5.41) is 11.2. The molecule has 7 rings (SSSR count). The highest BCUT2D eigenvalue weighted by molar-refractivity contribution is 7.90. The molecule has 0 radical (unpaired) electrons. The lowest BCUT2D eigenvalue weighted by Crippen LogP contribution is -2.55. The lowest BCUT2D eigenvalue weighted by atomic mass is 9.77. The molecule has 2 fully saturated rings. The van der Waals surface area contributed by atoms with Crippen molar-refractivity contribution >= 4 is 39.6 Å². The highest BCUT2D eigenvalue weighted by atomic mass is 32.2. The first kappa shape index (κ1) is 45.9. The number of nitrogens with zero attached hydrogens (tertiary/aromatic N) is 1. The van der Waals surface area contributed by atoms with Gasteiger partial charge in [-0.25, -0.2) is 12.8 Å². The molecule has 2 heterocycles. The zero-order valence-electron chi connectivity index (χ0n) is 36.3. The topological polar surface area (TPSA) is 129 Å². The molecule has 5 aromatic carbocycles. The first-order valence-corrected chi connectivity index (χ1v) is 23.2. The minimum Gasteiger partial charge on any atom is -0.489 e. The lowest BCUT2D eigenvalue weighted by molar-refractivity contribution is -0.305. The maximum atomic E-state index is 14.3. The van der Waals surface area contributed by atoms with E-state index in [1.165, 1.54) is 25.3 Å². The van der Waals surface area contributed by atoms with E-state index < -0.39 is 51.1 Å². The van der Waals surface area contributed by atoms with Crippen molar-refractivity contribution in [1.82, 2.24) is 0 Å². The number of ether oxygens (including phenoxy) is 4. The summed E-state index contributed by atoms with van der Waals surface area (Å²) in [5.74, 6) is 4.16. The van der Waals surface area contributed by atoms with E-state index in [1.807, 2.05) is 111 Å². The summed E-state index contributed by atoms with van der Waals surface area (Å²) in [6, 6.07) is 35.9. The van der Waals surface area contributed by atoms with Crippen LogP contribution in [0.2, 0.25) is 0 Å². The van der Waals surface area contributed by atoms with E-state index >= 15 is 0 Å². The van der Waals surface area contributed by atoms with Crippen molar-refractivity contribution in [1.29, 1.82) is 0 Å². The van der Waals surface area contributed by atoms with Gasteiger partial charge in [-0.2, -0.15) is 0 Å². The monoisotopic (exact) mass is 885 g/mol. The number of halogens is 1. The fourth-order valence-electron chi connectivity index (χ4n) is 7.77. The van der Waals surface area contributed by atoms with Crippen LogP contribution in [0.15, 0.2) is 121 Å². The number of benzene rings is 5. The predicted molar refractivity (Wildman–Crippen MR) is 244 cm³/mol. The molecule has 0 aromatic heterocycles. The van der Waals surface area contributed by atoms with Crippen LogP contribution in [-0.2, 0) is 45.8 Å². The number of aliphatic hydroxyl groups is 1. The van der Waals surface area contributed by atoms with Gasteiger partial charge < -0.3 is 29.0 Å². The average molecular weight is 886 g/mol. The molecular formula is C52H52FNO9S. The number of carbonyl (C=O) groups is 2. The van der Waals surface area contributed by atoms with Gasteiger partial charge in [0, 0.05) is 36.4 Å². The zero-order valence-corrected chi connectivity index (χ0v) is 37.1. The van der Waals surface area contributed by atoms with Crippen LogP contribution < -0.4 is 9.64 Å². The van der Waals surface area contributed by atoms with E-state index in [-0.39, 0.29) is 37.9 Å². The van der Waals surface area contributed by atoms with Crippen LogP contribution >= 0.6 is 0 Å². The highest BCUT2D eigenvalue weighted by Crippen LogP contribution is 2.49. The van der Waals surface area contributed by atoms with Gasteiger partial charge in [-0.3, -0.25) is 9.59 Å². The Morgan fingerprint density at radius 2 is 1.58 bits per heavy atom. The second-order valence-electron chi connectivity index (χ2n) is 16.8. The molecule has 3 atom stereocenters. The molecule has 1 amide bonds. The number of hydrogen-bond acceptors (Lipinski definition) is 9. The minimum atomic E-state index is -3.14. The largest absolute Gasteiger partial charge is 0.489 e. The number of hydrogen-bond donors (Lipinski definition) is 1. The van der Waals surface area contributed by atoms with Crippen LogP contribution in [-0.4, -0.2) is 56.4 Å². The number of rotatable bonds is 15. The van der Waals surface area contributed by atoms with Gasteiger partial charge in [0.1, 0.15) is 39.7 Å². The zero-order chi connectivity index (χ0) is 45.5. The summed E-state index contributed by atoms with van der Waals surface area (Å²) < 4.78 is 60.8. The molecule has 2 aliphatic rings. The van der Waals surface area contributed by atoms with Gasteiger partial charge in [0.25, 0.3) is 0 Å². The Kier molecular flexibility index (Phi) is 14.2. The number of esters is 1. The maximum absolute atomic E-state index is 14.3. The Bertz CT molecular complexity index is 2630. The molecule has 0 aliphatic carbocycles. The number of β-lactam (4-membered cyclic amide) rings is 1. The standard InChI is InChI=1S/C52H52FNO9S/c1-36(55)63-47(41-20-24-43(53)25-21-41)30-29-46-49(54(50(46)56)44-26-17-37(18-27-44)10-8-9-31-64(4,58)59)45-28-19-39(32-48(45)60-33-40-11-6-5-7-12-40)14-13-38-15-22-42(23-16-38)52(57)34-61-51(2,3)62-35-52/h5-7,11-28,32,46-47,49,57H,9,29-31,33-35H2,1-4H3/t46-,47+,49-/m1/s1. The van der Waals surface area contributed by atoms with E-state index in [4.69, 9.17) is 18.9 Å². The second-order valence-corrected chi connectivity index (χ2v) is 19.0. The molecule has 10 nitrogen and oxygen atoms in total. The number of anilines is 1. The van der Waals surface area contributed by atoms with Gasteiger partial charge in [-0.05, 0) is 97.0 Å². The molecule has 2 saturated heterocycles. The fourth-order valence-corrected chi connectivity index (χ4v) is 8.25. The minimum absolute atomic E-state index is 0.0321. The smallest absolute Gasteiger partial charge is 0.303 e. The van der Waals surface area contributed by atoms with Crippen LogP contribution in [0.3, 0.4) is 0 Å². The van der Waals surface area contributed by atoms with Crippen molar-refractivity contribution in [3.05, 3.63) is 166 Å². The first-order valence-electron chi connectivity index (χ1n) is 21.2. The summed E-state index contributed by atoms with van der Waals surface area (Å²) in [7, 11) is -3.14. The third-order valence-corrected chi connectivity index (χ3v) is 12.3. The number of sulfone groups is 1. The molecule has 5 aromatic rings. The van der Waals surface area contributed by atoms with E-state index in [9.17, 15) is 27.5 Å². The highest BCUT2D eigenvalue weighted by Gasteiger charge is 2.50. The molecule has 0 bridgehead atoms. The Balaban J connectivity index is 1.20.